The highest BCUT2D eigenvalue weighted by Crippen LogP contribution is 2.37. The summed E-state index contributed by atoms with van der Waals surface area (Å²) in [4.78, 5) is 33.2. The van der Waals surface area contributed by atoms with Crippen molar-refractivity contribution in [3.63, 3.8) is 0 Å². The molecule has 34 heavy (non-hydrogen) atoms. The molecule has 1 aliphatic rings. The Morgan fingerprint density at radius 2 is 1.74 bits per heavy atom. The van der Waals surface area contributed by atoms with Gasteiger partial charge in [0.05, 0.1) is 23.1 Å². The fraction of sp³-hybridized carbons (Fsp3) is 0.280. The molecule has 0 bridgehead atoms. The summed E-state index contributed by atoms with van der Waals surface area (Å²) >= 11 is 1.40. The van der Waals surface area contributed by atoms with Crippen LogP contribution in [0.5, 0.6) is 5.75 Å². The number of amides is 1. The summed E-state index contributed by atoms with van der Waals surface area (Å²) in [7, 11) is 1.59. The number of nitrogens with one attached hydrogen (secondary N) is 1. The molecule has 0 unspecified atom stereocenters. The number of nitrogens with zero attached hydrogens (tertiary/aromatic N) is 5. The number of piperazine rings is 1. The van der Waals surface area contributed by atoms with Crippen LogP contribution in [0.2, 0.25) is 0 Å². The summed E-state index contributed by atoms with van der Waals surface area (Å²) in [6.45, 7) is 7.22. The molecule has 0 aliphatic carbocycles. The van der Waals surface area contributed by atoms with E-state index in [1.807, 2.05) is 62.5 Å². The molecule has 1 aliphatic heterocycles. The summed E-state index contributed by atoms with van der Waals surface area (Å²) in [6.07, 6.45) is 1.82. The van der Waals surface area contributed by atoms with E-state index in [4.69, 9.17) is 9.72 Å². The molecule has 3 aromatic heterocycles. The largest absolute Gasteiger partial charge is 0.495 e. The molecule has 174 valence electrons. The van der Waals surface area contributed by atoms with Gasteiger partial charge in [-0.3, -0.25) is 4.79 Å². The zero-order chi connectivity index (χ0) is 23.7. The Morgan fingerprint density at radius 3 is 2.47 bits per heavy atom. The van der Waals surface area contributed by atoms with E-state index in [1.165, 1.54) is 11.3 Å². The Balaban J connectivity index is 1.43. The maximum absolute atomic E-state index is 13.2. The molecule has 1 saturated heterocycles. The van der Waals surface area contributed by atoms with E-state index in [0.29, 0.717) is 22.1 Å². The number of hydrogen-bond acceptors (Lipinski definition) is 8. The Morgan fingerprint density at radius 1 is 1.00 bits per heavy atom. The number of aryl methyl sites for hydroxylation is 2. The summed E-state index contributed by atoms with van der Waals surface area (Å²) < 4.78 is 5.38. The molecule has 1 amide bonds. The zero-order valence-electron chi connectivity index (χ0n) is 19.4. The molecule has 1 fully saturated rings. The zero-order valence-corrected chi connectivity index (χ0v) is 20.2. The van der Waals surface area contributed by atoms with Gasteiger partial charge in [0, 0.05) is 32.4 Å². The van der Waals surface area contributed by atoms with E-state index in [0.717, 1.165) is 53.6 Å². The van der Waals surface area contributed by atoms with Crippen molar-refractivity contribution in [2.45, 2.75) is 13.8 Å². The van der Waals surface area contributed by atoms with Gasteiger partial charge in [-0.2, -0.15) is 0 Å². The number of methoxy groups -OCH3 is 1. The fourth-order valence-electron chi connectivity index (χ4n) is 4.28. The minimum Gasteiger partial charge on any atom is -0.495 e. The molecular weight excluding hydrogens is 448 g/mol. The molecule has 0 saturated carbocycles. The Hall–Kier alpha value is -3.72. The number of benzene rings is 1. The van der Waals surface area contributed by atoms with Gasteiger partial charge >= 0.3 is 0 Å². The number of rotatable bonds is 5. The van der Waals surface area contributed by atoms with Crippen molar-refractivity contribution in [3.8, 4) is 5.75 Å². The van der Waals surface area contributed by atoms with Gasteiger partial charge in [0.1, 0.15) is 28.0 Å². The molecular formula is C25H26N6O2S. The molecule has 1 N–H and O–H groups in total. The van der Waals surface area contributed by atoms with Crippen LogP contribution in [0.1, 0.15) is 21.1 Å². The van der Waals surface area contributed by atoms with Gasteiger partial charge < -0.3 is 19.9 Å². The molecule has 1 aromatic carbocycles. The lowest BCUT2D eigenvalue weighted by atomic mass is 10.1. The highest BCUT2D eigenvalue weighted by atomic mass is 32.1. The first-order valence-electron chi connectivity index (χ1n) is 11.2. The highest BCUT2D eigenvalue weighted by molar-refractivity contribution is 7.20. The third-order valence-corrected chi connectivity index (χ3v) is 7.18. The second kappa shape index (κ2) is 9.26. The number of thiophene rings is 1. The van der Waals surface area contributed by atoms with Crippen molar-refractivity contribution < 1.29 is 9.53 Å². The van der Waals surface area contributed by atoms with Crippen LogP contribution in [0, 0.1) is 13.8 Å². The summed E-state index contributed by atoms with van der Waals surface area (Å²) in [6, 6.07) is 13.4. The van der Waals surface area contributed by atoms with Crippen molar-refractivity contribution in [2.75, 3.05) is 48.4 Å². The first kappa shape index (κ1) is 22.1. The second-order valence-corrected chi connectivity index (χ2v) is 9.15. The number of anilines is 3. The van der Waals surface area contributed by atoms with Crippen molar-refractivity contribution >= 4 is 44.8 Å². The summed E-state index contributed by atoms with van der Waals surface area (Å²) in [5.41, 5.74) is 1.54. The van der Waals surface area contributed by atoms with Crippen molar-refractivity contribution in [1.29, 1.82) is 0 Å². The van der Waals surface area contributed by atoms with Crippen LogP contribution < -0.4 is 19.9 Å². The maximum atomic E-state index is 13.2. The van der Waals surface area contributed by atoms with Gasteiger partial charge in [-0.25, -0.2) is 15.0 Å². The lowest BCUT2D eigenvalue weighted by molar-refractivity contribution is 0.102. The van der Waals surface area contributed by atoms with Gasteiger partial charge in [0.15, 0.2) is 0 Å². The predicted molar refractivity (Wildman–Crippen MR) is 136 cm³/mol. The van der Waals surface area contributed by atoms with E-state index in [9.17, 15) is 4.79 Å². The van der Waals surface area contributed by atoms with Crippen LogP contribution in [0.3, 0.4) is 0 Å². The first-order valence-corrected chi connectivity index (χ1v) is 12.0. The van der Waals surface area contributed by atoms with Crippen molar-refractivity contribution in [3.05, 3.63) is 64.9 Å². The van der Waals surface area contributed by atoms with E-state index in [1.54, 1.807) is 7.11 Å². The number of fused-ring (bicyclic) bond motifs is 1. The number of pyridine rings is 1. The standard InChI is InChI=1S/C25H26N6O2S/c1-16-21-23(31-14-12-30(13-15-31)20-10-6-7-11-26-20)27-17(2)28-25(21)34-22(16)24(32)29-18-8-4-5-9-19(18)33-3/h4-11H,12-15H2,1-3H3,(H,29,32). The third kappa shape index (κ3) is 4.14. The monoisotopic (exact) mass is 474 g/mol. The van der Waals surface area contributed by atoms with E-state index in [-0.39, 0.29) is 5.91 Å². The smallest absolute Gasteiger partial charge is 0.266 e. The van der Waals surface area contributed by atoms with Crippen LogP contribution >= 0.6 is 11.3 Å². The summed E-state index contributed by atoms with van der Waals surface area (Å²) in [5.74, 6) is 3.04. The van der Waals surface area contributed by atoms with Crippen LogP contribution in [-0.4, -0.2) is 54.1 Å². The number of aromatic nitrogens is 3. The van der Waals surface area contributed by atoms with E-state index in [2.05, 4.69) is 25.1 Å². The Kier molecular flexibility index (Phi) is 6.02. The van der Waals surface area contributed by atoms with Crippen LogP contribution in [0.15, 0.2) is 48.7 Å². The molecule has 5 rings (SSSR count). The second-order valence-electron chi connectivity index (χ2n) is 8.15. The van der Waals surface area contributed by atoms with Gasteiger partial charge in [0.25, 0.3) is 5.91 Å². The van der Waals surface area contributed by atoms with Crippen LogP contribution in [-0.2, 0) is 0 Å². The number of carbonyl (C=O) groups is 1. The lowest BCUT2D eigenvalue weighted by Crippen LogP contribution is -2.47. The SMILES string of the molecule is COc1ccccc1NC(=O)c1sc2nc(C)nc(N3CCN(c4ccccn4)CC3)c2c1C. The topological polar surface area (TPSA) is 83.5 Å². The molecule has 0 radical (unpaired) electrons. The molecule has 0 atom stereocenters. The van der Waals surface area contributed by atoms with Gasteiger partial charge in [0.2, 0.25) is 0 Å². The molecule has 9 heteroatoms. The molecule has 0 spiro atoms. The fourth-order valence-corrected chi connectivity index (χ4v) is 5.40. The number of ether oxygens (including phenoxy) is 1. The van der Waals surface area contributed by atoms with Crippen LogP contribution in [0.25, 0.3) is 10.2 Å². The van der Waals surface area contributed by atoms with Crippen molar-refractivity contribution in [1.82, 2.24) is 15.0 Å². The number of carbonyl (C=O) groups excluding carboxylic acids is 1. The van der Waals surface area contributed by atoms with Crippen molar-refractivity contribution in [2.24, 2.45) is 0 Å². The average Bonchev–Trinajstić information content (AvgIpc) is 3.20. The third-order valence-electron chi connectivity index (χ3n) is 6.00. The molecule has 8 nitrogen and oxygen atoms in total. The summed E-state index contributed by atoms with van der Waals surface area (Å²) in [5, 5.41) is 3.94. The average molecular weight is 475 g/mol. The van der Waals surface area contributed by atoms with Crippen LogP contribution in [0.4, 0.5) is 17.3 Å². The van der Waals surface area contributed by atoms with E-state index >= 15 is 0 Å². The normalized spacial score (nSPS) is 13.9. The molecule has 4 aromatic rings. The minimum atomic E-state index is -0.173. The number of para-hydroxylation sites is 2. The lowest BCUT2D eigenvalue weighted by Gasteiger charge is -2.36. The van der Waals surface area contributed by atoms with Gasteiger partial charge in [-0.15, -0.1) is 11.3 Å². The number of hydrogen-bond donors (Lipinski definition) is 1. The predicted octanol–water partition coefficient (Wildman–Crippen LogP) is 4.29. The molecule has 4 heterocycles. The van der Waals surface area contributed by atoms with Gasteiger partial charge in [-0.1, -0.05) is 18.2 Å². The van der Waals surface area contributed by atoms with Gasteiger partial charge in [-0.05, 0) is 43.7 Å². The quantitative estimate of drug-likeness (QED) is 0.462. The highest BCUT2D eigenvalue weighted by Gasteiger charge is 2.26. The minimum absolute atomic E-state index is 0.173. The Labute approximate surface area is 202 Å². The first-order chi connectivity index (χ1) is 16.5. The Bertz CT molecular complexity index is 1330. The van der Waals surface area contributed by atoms with E-state index < -0.39 is 0 Å². The maximum Gasteiger partial charge on any atom is 0.266 e.